The molecule has 1 aliphatic heterocycles. The van der Waals surface area contributed by atoms with Crippen molar-refractivity contribution in [3.8, 4) is 11.4 Å². The molecule has 6 heteroatoms. The fraction of sp³-hybridized carbons (Fsp3) is 0.333. The van der Waals surface area contributed by atoms with Crippen molar-refractivity contribution in [1.29, 1.82) is 0 Å². The molecule has 1 unspecified atom stereocenters. The topological polar surface area (TPSA) is 53.4 Å². The zero-order chi connectivity index (χ0) is 15.0. The number of carbonyl (C=O) groups excluding carboxylic acids is 1. The van der Waals surface area contributed by atoms with Gasteiger partial charge in [0.15, 0.2) is 5.69 Å². The maximum Gasteiger partial charge on any atom is 0.358 e. The van der Waals surface area contributed by atoms with Crippen LogP contribution in [0, 0.1) is 0 Å². The number of halogens is 1. The lowest BCUT2D eigenvalue weighted by molar-refractivity contribution is 0.0519. The lowest BCUT2D eigenvalue weighted by Crippen LogP contribution is -2.07. The number of hydrogen-bond donors (Lipinski definition) is 0. The maximum atomic E-state index is 11.9. The summed E-state index contributed by atoms with van der Waals surface area (Å²) in [5, 5.41) is 4.40. The summed E-state index contributed by atoms with van der Waals surface area (Å²) in [4.78, 5) is 11.9. The van der Waals surface area contributed by atoms with E-state index in [0.717, 1.165) is 21.6 Å². The molecular weight excluding hydrogens is 336 g/mol. The Labute approximate surface area is 131 Å². The highest BCUT2D eigenvalue weighted by Crippen LogP contribution is 2.33. The molecule has 0 radical (unpaired) electrons. The molecule has 5 nitrogen and oxygen atoms in total. The number of esters is 1. The Morgan fingerprint density at radius 3 is 3.10 bits per heavy atom. The number of aromatic nitrogens is 2. The van der Waals surface area contributed by atoms with Crippen LogP contribution >= 0.6 is 15.9 Å². The van der Waals surface area contributed by atoms with Gasteiger partial charge in [-0.1, -0.05) is 22.9 Å². The molecule has 0 saturated carbocycles. The van der Waals surface area contributed by atoms with Crippen LogP contribution in [-0.2, 0) is 4.74 Å². The van der Waals surface area contributed by atoms with Gasteiger partial charge in [0.2, 0.25) is 0 Å². The largest absolute Gasteiger partial charge is 0.491 e. The molecule has 110 valence electrons. The minimum absolute atomic E-state index is 0.131. The second-order valence-electron chi connectivity index (χ2n) is 4.91. The Morgan fingerprint density at radius 1 is 1.52 bits per heavy atom. The highest BCUT2D eigenvalue weighted by molar-refractivity contribution is 9.10. The Morgan fingerprint density at radius 2 is 2.33 bits per heavy atom. The number of fused-ring (bicyclic) bond motifs is 3. The molecule has 1 atom stereocenters. The zero-order valence-corrected chi connectivity index (χ0v) is 13.4. The highest BCUT2D eigenvalue weighted by atomic mass is 79.9. The van der Waals surface area contributed by atoms with Gasteiger partial charge in [0, 0.05) is 10.4 Å². The second kappa shape index (κ2) is 5.52. The predicted octanol–water partition coefficient (Wildman–Crippen LogP) is 3.31. The van der Waals surface area contributed by atoms with Gasteiger partial charge in [0.05, 0.1) is 18.9 Å². The molecule has 0 spiro atoms. The van der Waals surface area contributed by atoms with Gasteiger partial charge in [0.25, 0.3) is 0 Å². The van der Waals surface area contributed by atoms with E-state index < -0.39 is 5.97 Å². The van der Waals surface area contributed by atoms with Crippen molar-refractivity contribution < 1.29 is 14.3 Å². The average molecular weight is 351 g/mol. The number of ether oxygens (including phenoxy) is 2. The third kappa shape index (κ3) is 2.55. The van der Waals surface area contributed by atoms with Crippen LogP contribution in [0.15, 0.2) is 28.7 Å². The van der Waals surface area contributed by atoms with Crippen molar-refractivity contribution in [2.45, 2.75) is 19.8 Å². The normalized spacial score (nSPS) is 16.4. The standard InChI is InChI=1S/C15H15BrN2O3/c1-3-20-15(19)11-7-12-9(2)8-21-14-5-4-10(16)6-13(14)18(12)17-11/h4-7,9H,3,8H2,1-2H3. The van der Waals surface area contributed by atoms with E-state index in [1.165, 1.54) is 0 Å². The van der Waals surface area contributed by atoms with Gasteiger partial charge in [0.1, 0.15) is 11.4 Å². The zero-order valence-electron chi connectivity index (χ0n) is 11.8. The first kappa shape index (κ1) is 14.1. The summed E-state index contributed by atoms with van der Waals surface area (Å²) in [6, 6.07) is 7.53. The number of rotatable bonds is 2. The third-order valence-corrected chi connectivity index (χ3v) is 3.86. The fourth-order valence-corrected chi connectivity index (χ4v) is 2.67. The van der Waals surface area contributed by atoms with E-state index in [9.17, 15) is 4.79 Å². The van der Waals surface area contributed by atoms with Crippen LogP contribution in [0.1, 0.15) is 35.9 Å². The molecule has 21 heavy (non-hydrogen) atoms. The maximum absolute atomic E-state index is 11.9. The highest BCUT2D eigenvalue weighted by Gasteiger charge is 2.25. The van der Waals surface area contributed by atoms with Gasteiger partial charge in [-0.15, -0.1) is 0 Å². The smallest absolute Gasteiger partial charge is 0.358 e. The van der Waals surface area contributed by atoms with Crippen LogP contribution in [0.3, 0.4) is 0 Å². The molecule has 3 rings (SSSR count). The van der Waals surface area contributed by atoms with Gasteiger partial charge >= 0.3 is 5.97 Å². The Bertz CT molecular complexity index is 696. The first-order valence-electron chi connectivity index (χ1n) is 6.80. The first-order chi connectivity index (χ1) is 10.1. The van der Waals surface area contributed by atoms with Crippen LogP contribution in [0.2, 0.25) is 0 Å². The van der Waals surface area contributed by atoms with Crippen LogP contribution < -0.4 is 4.74 Å². The van der Waals surface area contributed by atoms with Crippen molar-refractivity contribution in [3.05, 3.63) is 40.1 Å². The molecule has 0 bridgehead atoms. The Balaban J connectivity index is 2.14. The van der Waals surface area contributed by atoms with Crippen LogP contribution in [0.25, 0.3) is 5.69 Å². The van der Waals surface area contributed by atoms with Crippen LogP contribution in [0.4, 0.5) is 0 Å². The average Bonchev–Trinajstić information content (AvgIpc) is 2.86. The molecule has 1 aromatic heterocycles. The van der Waals surface area contributed by atoms with E-state index in [1.807, 2.05) is 25.1 Å². The number of benzene rings is 1. The first-order valence-corrected chi connectivity index (χ1v) is 7.59. The lowest BCUT2D eigenvalue weighted by atomic mass is 10.1. The monoisotopic (exact) mass is 350 g/mol. The van der Waals surface area contributed by atoms with Crippen molar-refractivity contribution in [2.24, 2.45) is 0 Å². The molecule has 0 aliphatic carbocycles. The number of nitrogens with zero attached hydrogens (tertiary/aromatic N) is 2. The van der Waals surface area contributed by atoms with E-state index in [1.54, 1.807) is 17.7 Å². The van der Waals surface area contributed by atoms with Gasteiger partial charge < -0.3 is 9.47 Å². The van der Waals surface area contributed by atoms with Crippen molar-refractivity contribution in [3.63, 3.8) is 0 Å². The van der Waals surface area contributed by atoms with Gasteiger partial charge in [-0.2, -0.15) is 5.10 Å². The molecule has 0 fully saturated rings. The lowest BCUT2D eigenvalue weighted by Gasteiger charge is -2.08. The van der Waals surface area contributed by atoms with Crippen LogP contribution in [0.5, 0.6) is 5.75 Å². The van der Waals surface area contributed by atoms with E-state index in [-0.39, 0.29) is 5.92 Å². The minimum Gasteiger partial charge on any atom is -0.491 e. The molecular formula is C15H15BrN2O3. The molecule has 0 amide bonds. The van der Waals surface area contributed by atoms with Gasteiger partial charge in [-0.3, -0.25) is 0 Å². The minimum atomic E-state index is -0.400. The quantitative estimate of drug-likeness (QED) is 0.779. The molecule has 1 aliphatic rings. The van der Waals surface area contributed by atoms with E-state index in [4.69, 9.17) is 9.47 Å². The summed E-state index contributed by atoms with van der Waals surface area (Å²) < 4.78 is 13.5. The summed E-state index contributed by atoms with van der Waals surface area (Å²) in [6.45, 7) is 4.70. The SMILES string of the molecule is CCOC(=O)c1cc2n(n1)-c1cc(Br)ccc1OCC2C. The number of carbonyl (C=O) groups is 1. The van der Waals surface area contributed by atoms with E-state index in [2.05, 4.69) is 21.0 Å². The summed E-state index contributed by atoms with van der Waals surface area (Å²) >= 11 is 3.46. The molecule has 0 saturated heterocycles. The number of hydrogen-bond acceptors (Lipinski definition) is 4. The summed E-state index contributed by atoms with van der Waals surface area (Å²) in [5.74, 6) is 0.483. The molecule has 2 heterocycles. The van der Waals surface area contributed by atoms with E-state index in [0.29, 0.717) is 18.9 Å². The molecule has 1 aromatic carbocycles. The molecule has 2 aromatic rings. The summed E-state index contributed by atoms with van der Waals surface area (Å²) in [5.41, 5.74) is 2.08. The van der Waals surface area contributed by atoms with Crippen LogP contribution in [-0.4, -0.2) is 29.0 Å². The fourth-order valence-electron chi connectivity index (χ4n) is 2.32. The van der Waals surface area contributed by atoms with Crippen molar-refractivity contribution in [2.75, 3.05) is 13.2 Å². The van der Waals surface area contributed by atoms with Gasteiger partial charge in [-0.25, -0.2) is 9.48 Å². The Kier molecular flexibility index (Phi) is 3.71. The van der Waals surface area contributed by atoms with Crippen molar-refractivity contribution in [1.82, 2.24) is 9.78 Å². The Hall–Kier alpha value is -1.82. The summed E-state index contributed by atoms with van der Waals surface area (Å²) in [7, 11) is 0. The van der Waals surface area contributed by atoms with Crippen molar-refractivity contribution >= 4 is 21.9 Å². The van der Waals surface area contributed by atoms with E-state index >= 15 is 0 Å². The summed E-state index contributed by atoms with van der Waals surface area (Å²) in [6.07, 6.45) is 0. The molecule has 0 N–H and O–H groups in total. The predicted molar refractivity (Wildman–Crippen MR) is 81.1 cm³/mol. The second-order valence-corrected chi connectivity index (χ2v) is 5.83. The van der Waals surface area contributed by atoms with Gasteiger partial charge in [-0.05, 0) is 31.2 Å². The third-order valence-electron chi connectivity index (χ3n) is 3.36.